The quantitative estimate of drug-likeness (QED) is 0.421. The van der Waals surface area contributed by atoms with Gasteiger partial charge in [-0.25, -0.2) is 0 Å². The molecule has 0 amide bonds. The third-order valence-corrected chi connectivity index (χ3v) is 6.94. The lowest BCUT2D eigenvalue weighted by Gasteiger charge is -2.36. The van der Waals surface area contributed by atoms with Crippen LogP contribution in [0.25, 0.3) is 0 Å². The van der Waals surface area contributed by atoms with E-state index < -0.39 is 11.8 Å². The summed E-state index contributed by atoms with van der Waals surface area (Å²) in [4.78, 5) is 31.4. The fraction of sp³-hybridized carbons (Fsp3) is 0.346. The molecule has 2 aliphatic rings. The van der Waals surface area contributed by atoms with Gasteiger partial charge in [-0.2, -0.15) is 0 Å². The average Bonchev–Trinajstić information content (AvgIpc) is 2.77. The number of hydrogen-bond donors (Lipinski definition) is 0. The van der Waals surface area contributed by atoms with Gasteiger partial charge in [-0.15, -0.1) is 0 Å². The minimum atomic E-state index is -0.600. The van der Waals surface area contributed by atoms with Crippen molar-refractivity contribution < 1.29 is 14.3 Å². The van der Waals surface area contributed by atoms with Crippen LogP contribution in [0.4, 0.5) is 0 Å². The second-order valence-corrected chi connectivity index (χ2v) is 9.72. The molecule has 4 nitrogen and oxygen atoms in total. The Labute approximate surface area is 201 Å². The van der Waals surface area contributed by atoms with Gasteiger partial charge in [-0.05, 0) is 61.1 Å². The number of halogens is 2. The summed E-state index contributed by atoms with van der Waals surface area (Å²) in [5.41, 5.74) is 4.13. The van der Waals surface area contributed by atoms with Crippen LogP contribution in [0.3, 0.4) is 0 Å². The molecule has 0 radical (unpaired) electrons. The number of nitrogens with zero attached hydrogens (tertiary/aromatic N) is 1. The Kier molecular flexibility index (Phi) is 6.96. The predicted octanol–water partition coefficient (Wildman–Crippen LogP) is 6.63. The molecular formula is C26H25BrClNO3. The van der Waals surface area contributed by atoms with E-state index in [1.807, 2.05) is 62.4 Å². The van der Waals surface area contributed by atoms with E-state index in [0.717, 1.165) is 27.7 Å². The minimum Gasteiger partial charge on any atom is -0.465 e. The van der Waals surface area contributed by atoms with Crippen LogP contribution in [0.15, 0.2) is 69.3 Å². The van der Waals surface area contributed by atoms with E-state index in [4.69, 9.17) is 21.3 Å². The van der Waals surface area contributed by atoms with Crippen LogP contribution >= 0.6 is 27.5 Å². The normalized spacial score (nSPS) is 22.9. The zero-order chi connectivity index (χ0) is 22.8. The Bertz CT molecular complexity index is 1090. The number of hydrogen-bond acceptors (Lipinski definition) is 4. The van der Waals surface area contributed by atoms with Gasteiger partial charge in [0.1, 0.15) is 5.92 Å². The molecule has 2 aromatic rings. The maximum absolute atomic E-state index is 13.5. The lowest BCUT2D eigenvalue weighted by molar-refractivity contribution is -0.146. The van der Waals surface area contributed by atoms with Crippen molar-refractivity contribution in [2.24, 2.45) is 10.9 Å². The Morgan fingerprint density at radius 3 is 2.41 bits per heavy atom. The van der Waals surface area contributed by atoms with E-state index in [2.05, 4.69) is 15.9 Å². The molecule has 1 aliphatic heterocycles. The number of ether oxygens (including phenoxy) is 1. The molecule has 1 unspecified atom stereocenters. The van der Waals surface area contributed by atoms with E-state index in [1.165, 1.54) is 0 Å². The molecule has 0 aromatic heterocycles. The lowest BCUT2D eigenvalue weighted by Crippen LogP contribution is -2.38. The van der Waals surface area contributed by atoms with Crippen molar-refractivity contribution in [2.45, 2.75) is 44.9 Å². The van der Waals surface area contributed by atoms with Crippen molar-refractivity contribution in [1.29, 1.82) is 0 Å². The number of aliphatic imine (C=N–C) groups is 1. The predicted molar refractivity (Wildman–Crippen MR) is 130 cm³/mol. The third-order valence-electron chi connectivity index (χ3n) is 6.16. The highest BCUT2D eigenvalue weighted by molar-refractivity contribution is 9.10. The zero-order valence-electron chi connectivity index (χ0n) is 18.1. The van der Waals surface area contributed by atoms with E-state index in [-0.39, 0.29) is 17.7 Å². The Morgan fingerprint density at radius 1 is 1.09 bits per heavy atom. The number of carbonyl (C=O) groups is 2. The summed E-state index contributed by atoms with van der Waals surface area (Å²) in [6.07, 6.45) is 1.79. The summed E-state index contributed by atoms with van der Waals surface area (Å²) >= 11 is 9.52. The summed E-state index contributed by atoms with van der Waals surface area (Å²) in [6, 6.07) is 15.5. The zero-order valence-corrected chi connectivity index (χ0v) is 20.4. The van der Waals surface area contributed by atoms with Gasteiger partial charge in [-0.1, -0.05) is 58.7 Å². The number of Topliss-reactive ketones (excluding diaryl/α,β-unsaturated/α-hetero) is 1. The van der Waals surface area contributed by atoms with Crippen molar-refractivity contribution in [3.63, 3.8) is 0 Å². The standard InChI is InChI=1S/C26H25BrClNO3/c1-3-12-32-26(31)23-15(2)29-21-13-18(16-6-10-20(28)11-7-16)14-22(30)25(21)24(23)17-4-8-19(27)9-5-17/h4-11,18,23-24H,3,12-14H2,1-2H3/t18-,23?,24+/m1/s1. The Hall–Kier alpha value is -2.24. The molecule has 0 spiro atoms. The first-order chi connectivity index (χ1) is 15.4. The van der Waals surface area contributed by atoms with Crippen LogP contribution < -0.4 is 0 Å². The molecule has 4 rings (SSSR count). The van der Waals surface area contributed by atoms with Crippen LogP contribution in [-0.4, -0.2) is 24.1 Å². The summed E-state index contributed by atoms with van der Waals surface area (Å²) < 4.78 is 6.46. The van der Waals surface area contributed by atoms with Gasteiger partial charge < -0.3 is 4.74 Å². The fourth-order valence-corrected chi connectivity index (χ4v) is 5.05. The molecular weight excluding hydrogens is 490 g/mol. The Balaban J connectivity index is 1.76. The second-order valence-electron chi connectivity index (χ2n) is 8.37. The van der Waals surface area contributed by atoms with Gasteiger partial charge in [-0.3, -0.25) is 14.6 Å². The van der Waals surface area contributed by atoms with Crippen LogP contribution in [0.5, 0.6) is 0 Å². The highest BCUT2D eigenvalue weighted by atomic mass is 79.9. The summed E-state index contributed by atoms with van der Waals surface area (Å²) in [6.45, 7) is 4.18. The Morgan fingerprint density at radius 2 is 1.75 bits per heavy atom. The second kappa shape index (κ2) is 9.72. The molecule has 1 heterocycles. The fourth-order valence-electron chi connectivity index (χ4n) is 4.66. The number of allylic oxidation sites excluding steroid dienone is 2. The smallest absolute Gasteiger partial charge is 0.315 e. The average molecular weight is 515 g/mol. The van der Waals surface area contributed by atoms with Crippen molar-refractivity contribution in [3.8, 4) is 0 Å². The summed E-state index contributed by atoms with van der Waals surface area (Å²) in [5.74, 6) is -1.22. The summed E-state index contributed by atoms with van der Waals surface area (Å²) in [5, 5.41) is 0.672. The van der Waals surface area contributed by atoms with Crippen LogP contribution in [0, 0.1) is 5.92 Å². The maximum atomic E-state index is 13.5. The first-order valence-corrected chi connectivity index (χ1v) is 12.0. The van der Waals surface area contributed by atoms with Gasteiger partial charge in [0, 0.05) is 38.8 Å². The van der Waals surface area contributed by atoms with Gasteiger partial charge in [0.2, 0.25) is 0 Å². The van der Waals surface area contributed by atoms with Gasteiger partial charge in [0.15, 0.2) is 5.78 Å². The number of rotatable bonds is 5. The summed E-state index contributed by atoms with van der Waals surface area (Å²) in [7, 11) is 0. The molecule has 0 saturated heterocycles. The molecule has 0 fully saturated rings. The molecule has 6 heteroatoms. The molecule has 1 aliphatic carbocycles. The number of ketones is 1. The van der Waals surface area contributed by atoms with Crippen LogP contribution in [0.1, 0.15) is 56.1 Å². The molecule has 32 heavy (non-hydrogen) atoms. The van der Waals surface area contributed by atoms with E-state index in [1.54, 1.807) is 0 Å². The number of esters is 1. The molecule has 0 saturated carbocycles. The number of carbonyl (C=O) groups excluding carboxylic acids is 2. The minimum absolute atomic E-state index is 0.0451. The van der Waals surface area contributed by atoms with Crippen molar-refractivity contribution in [3.05, 3.63) is 80.4 Å². The van der Waals surface area contributed by atoms with E-state index >= 15 is 0 Å². The third kappa shape index (κ3) is 4.60. The molecule has 0 N–H and O–H groups in total. The monoisotopic (exact) mass is 513 g/mol. The molecule has 166 valence electrons. The van der Waals surface area contributed by atoms with Gasteiger partial charge in [0.25, 0.3) is 0 Å². The topological polar surface area (TPSA) is 55.7 Å². The maximum Gasteiger partial charge on any atom is 0.315 e. The van der Waals surface area contributed by atoms with E-state index in [9.17, 15) is 9.59 Å². The van der Waals surface area contributed by atoms with Crippen LogP contribution in [-0.2, 0) is 14.3 Å². The van der Waals surface area contributed by atoms with Crippen molar-refractivity contribution in [1.82, 2.24) is 0 Å². The van der Waals surface area contributed by atoms with Crippen LogP contribution in [0.2, 0.25) is 5.02 Å². The lowest BCUT2D eigenvalue weighted by atomic mass is 9.69. The van der Waals surface area contributed by atoms with Gasteiger partial charge in [0.05, 0.1) is 6.61 Å². The number of benzene rings is 2. The first kappa shape index (κ1) is 22.9. The van der Waals surface area contributed by atoms with Crippen molar-refractivity contribution in [2.75, 3.05) is 6.61 Å². The van der Waals surface area contributed by atoms with E-state index in [0.29, 0.717) is 35.8 Å². The largest absolute Gasteiger partial charge is 0.465 e. The highest BCUT2D eigenvalue weighted by Gasteiger charge is 2.44. The van der Waals surface area contributed by atoms with Crippen molar-refractivity contribution >= 4 is 45.0 Å². The van der Waals surface area contributed by atoms with Gasteiger partial charge >= 0.3 is 5.97 Å². The first-order valence-electron chi connectivity index (χ1n) is 10.9. The SMILES string of the molecule is CCCOC(=O)C1C(C)=NC2=C(C(=O)C[C@H](c3ccc(Cl)cc3)C2)[C@H]1c1ccc(Br)cc1. The molecule has 0 bridgehead atoms. The highest BCUT2D eigenvalue weighted by Crippen LogP contribution is 2.47. The molecule has 2 aromatic carbocycles. The molecule has 3 atom stereocenters.